The zero-order valence-electron chi connectivity index (χ0n) is 14.9. The number of aromatic amines is 1. The molecule has 3 aromatic rings. The minimum atomic E-state index is -0.204. The van der Waals surface area contributed by atoms with Crippen molar-refractivity contribution in [2.75, 3.05) is 24.3 Å². The lowest BCUT2D eigenvalue weighted by Crippen LogP contribution is -2.32. The molecule has 142 valence electrons. The van der Waals surface area contributed by atoms with Gasteiger partial charge in [-0.25, -0.2) is 4.98 Å². The van der Waals surface area contributed by atoms with Crippen molar-refractivity contribution in [3.05, 3.63) is 53.6 Å². The van der Waals surface area contributed by atoms with E-state index in [0.29, 0.717) is 33.0 Å². The molecule has 2 aromatic carbocycles. The summed E-state index contributed by atoms with van der Waals surface area (Å²) >= 11 is 7.24. The summed E-state index contributed by atoms with van der Waals surface area (Å²) in [6.45, 7) is -0.0254. The third kappa shape index (κ3) is 4.63. The van der Waals surface area contributed by atoms with E-state index >= 15 is 0 Å². The lowest BCUT2D eigenvalue weighted by molar-refractivity contribution is -0.116. The number of benzene rings is 2. The van der Waals surface area contributed by atoms with Crippen molar-refractivity contribution in [1.29, 1.82) is 5.26 Å². The van der Waals surface area contributed by atoms with Crippen LogP contribution in [0.5, 0.6) is 5.75 Å². The predicted molar refractivity (Wildman–Crippen MR) is 109 cm³/mol. The molecule has 0 fully saturated rings. The van der Waals surface area contributed by atoms with Gasteiger partial charge in [0.1, 0.15) is 12.3 Å². The van der Waals surface area contributed by atoms with Crippen LogP contribution < -0.4 is 9.64 Å². The molecule has 0 unspecified atom stereocenters. The first-order valence-corrected chi connectivity index (χ1v) is 9.60. The van der Waals surface area contributed by atoms with Crippen molar-refractivity contribution < 1.29 is 9.53 Å². The number of rotatable bonds is 7. The number of ether oxygens (including phenoxy) is 1. The Bertz CT molecular complexity index is 1000. The van der Waals surface area contributed by atoms with Gasteiger partial charge < -0.3 is 4.74 Å². The van der Waals surface area contributed by atoms with Crippen molar-refractivity contribution >= 4 is 35.0 Å². The monoisotopic (exact) mass is 413 g/mol. The van der Waals surface area contributed by atoms with Crippen LogP contribution >= 0.6 is 23.4 Å². The van der Waals surface area contributed by atoms with Crippen molar-refractivity contribution in [3.63, 3.8) is 0 Å². The van der Waals surface area contributed by atoms with Gasteiger partial charge in [-0.05, 0) is 30.3 Å². The van der Waals surface area contributed by atoms with E-state index < -0.39 is 0 Å². The first-order chi connectivity index (χ1) is 13.6. The molecule has 3 rings (SSSR count). The normalized spacial score (nSPS) is 10.3. The van der Waals surface area contributed by atoms with Crippen molar-refractivity contribution in [2.24, 2.45) is 0 Å². The summed E-state index contributed by atoms with van der Waals surface area (Å²) in [5.41, 5.74) is 1.35. The number of amides is 1. The molecular weight excluding hydrogens is 398 g/mol. The number of nitrogens with zero attached hydrogens (tertiary/aromatic N) is 4. The van der Waals surface area contributed by atoms with E-state index in [-0.39, 0.29) is 18.2 Å². The zero-order valence-corrected chi connectivity index (χ0v) is 16.5. The Kier molecular flexibility index (Phi) is 6.53. The summed E-state index contributed by atoms with van der Waals surface area (Å²) in [6.07, 6.45) is 0. The number of carbonyl (C=O) groups excluding carboxylic acids is 1. The van der Waals surface area contributed by atoms with Gasteiger partial charge >= 0.3 is 0 Å². The summed E-state index contributed by atoms with van der Waals surface area (Å²) < 4.78 is 5.32. The molecule has 28 heavy (non-hydrogen) atoms. The molecular formula is C19H16ClN5O2S. The molecule has 0 aliphatic carbocycles. The van der Waals surface area contributed by atoms with Crippen LogP contribution in [0, 0.1) is 11.3 Å². The first-order valence-electron chi connectivity index (χ1n) is 8.24. The second kappa shape index (κ2) is 9.26. The Morgan fingerprint density at radius 1 is 1.32 bits per heavy atom. The Morgan fingerprint density at radius 2 is 2.11 bits per heavy atom. The number of aromatic nitrogens is 3. The SMILES string of the molecule is COc1ccc(Cl)cc1-c1nc(SCC(=O)N(CC#N)c2ccccc2)n[nH]1. The summed E-state index contributed by atoms with van der Waals surface area (Å²) in [6, 6.07) is 16.3. The van der Waals surface area contributed by atoms with Gasteiger partial charge in [0, 0.05) is 10.7 Å². The number of anilines is 1. The van der Waals surface area contributed by atoms with Gasteiger partial charge in [0.05, 0.1) is 24.5 Å². The van der Waals surface area contributed by atoms with E-state index in [1.54, 1.807) is 37.4 Å². The van der Waals surface area contributed by atoms with Crippen LogP contribution in [0.3, 0.4) is 0 Å². The van der Waals surface area contributed by atoms with E-state index in [4.69, 9.17) is 21.6 Å². The minimum Gasteiger partial charge on any atom is -0.496 e. The number of thioether (sulfide) groups is 1. The molecule has 0 radical (unpaired) electrons. The second-order valence-corrected chi connectivity index (χ2v) is 6.95. The second-order valence-electron chi connectivity index (χ2n) is 5.57. The Labute approximate surface area is 171 Å². The fraction of sp³-hybridized carbons (Fsp3) is 0.158. The number of carbonyl (C=O) groups is 1. The molecule has 0 aliphatic heterocycles. The molecule has 1 aromatic heterocycles. The number of nitrogens with one attached hydrogen (secondary N) is 1. The molecule has 1 amide bonds. The fourth-order valence-corrected chi connectivity index (χ4v) is 3.35. The maximum atomic E-state index is 12.6. The van der Waals surface area contributed by atoms with Crippen LogP contribution in [-0.4, -0.2) is 40.5 Å². The van der Waals surface area contributed by atoms with Crippen LogP contribution in [0.2, 0.25) is 5.02 Å². The number of nitriles is 1. The number of hydrogen-bond acceptors (Lipinski definition) is 6. The van der Waals surface area contributed by atoms with Crippen LogP contribution in [0.4, 0.5) is 5.69 Å². The molecule has 7 nitrogen and oxygen atoms in total. The van der Waals surface area contributed by atoms with Gasteiger partial charge in [-0.15, -0.1) is 5.10 Å². The summed E-state index contributed by atoms with van der Waals surface area (Å²) in [4.78, 5) is 18.4. The van der Waals surface area contributed by atoms with Crippen molar-refractivity contribution in [1.82, 2.24) is 15.2 Å². The molecule has 1 heterocycles. The van der Waals surface area contributed by atoms with Gasteiger partial charge in [0.25, 0.3) is 0 Å². The van der Waals surface area contributed by atoms with Crippen molar-refractivity contribution in [2.45, 2.75) is 5.16 Å². The molecule has 0 aliphatic rings. The Morgan fingerprint density at radius 3 is 2.82 bits per heavy atom. The minimum absolute atomic E-state index is 0.0254. The maximum absolute atomic E-state index is 12.6. The molecule has 0 spiro atoms. The van der Waals surface area contributed by atoms with Crippen LogP contribution in [0.25, 0.3) is 11.4 Å². The highest BCUT2D eigenvalue weighted by atomic mass is 35.5. The molecule has 0 saturated carbocycles. The lowest BCUT2D eigenvalue weighted by atomic mass is 10.2. The van der Waals surface area contributed by atoms with E-state index in [1.165, 1.54) is 16.7 Å². The fourth-order valence-electron chi connectivity index (χ4n) is 2.50. The van der Waals surface area contributed by atoms with Crippen LogP contribution in [-0.2, 0) is 4.79 Å². The van der Waals surface area contributed by atoms with Gasteiger partial charge in [0.15, 0.2) is 5.82 Å². The number of H-pyrrole nitrogens is 1. The smallest absolute Gasteiger partial charge is 0.238 e. The van der Waals surface area contributed by atoms with Gasteiger partial charge in [-0.2, -0.15) is 5.26 Å². The van der Waals surface area contributed by atoms with E-state index in [2.05, 4.69) is 15.2 Å². The topological polar surface area (TPSA) is 94.9 Å². The van der Waals surface area contributed by atoms with Gasteiger partial charge in [-0.1, -0.05) is 41.6 Å². The molecule has 0 saturated heterocycles. The van der Waals surface area contributed by atoms with Gasteiger partial charge in [0.2, 0.25) is 11.1 Å². The van der Waals surface area contributed by atoms with Gasteiger partial charge in [-0.3, -0.25) is 14.8 Å². The highest BCUT2D eigenvalue weighted by molar-refractivity contribution is 7.99. The quantitative estimate of drug-likeness (QED) is 0.467. The molecule has 1 N–H and O–H groups in total. The lowest BCUT2D eigenvalue weighted by Gasteiger charge is -2.19. The first kappa shape index (κ1) is 19.7. The highest BCUT2D eigenvalue weighted by Crippen LogP contribution is 2.31. The van der Waals surface area contributed by atoms with E-state index in [0.717, 1.165) is 0 Å². The van der Waals surface area contributed by atoms with E-state index in [9.17, 15) is 4.79 Å². The number of hydrogen-bond donors (Lipinski definition) is 1. The standard InChI is InChI=1S/C19H16ClN5O2S/c1-27-16-8-7-13(20)11-15(16)18-22-19(24-23-18)28-12-17(26)25(10-9-21)14-5-3-2-4-6-14/h2-8,11H,10,12H2,1H3,(H,22,23,24). The molecule has 9 heteroatoms. The third-order valence-electron chi connectivity index (χ3n) is 3.80. The highest BCUT2D eigenvalue weighted by Gasteiger charge is 2.17. The molecule has 0 bridgehead atoms. The third-order valence-corrected chi connectivity index (χ3v) is 4.87. The van der Waals surface area contributed by atoms with Crippen LogP contribution in [0.1, 0.15) is 0 Å². The summed E-state index contributed by atoms with van der Waals surface area (Å²) in [7, 11) is 1.56. The predicted octanol–water partition coefficient (Wildman–Crippen LogP) is 3.78. The maximum Gasteiger partial charge on any atom is 0.238 e. The molecule has 0 atom stereocenters. The number of halogens is 1. The van der Waals surface area contributed by atoms with Crippen molar-refractivity contribution in [3.8, 4) is 23.2 Å². The average molecular weight is 414 g/mol. The largest absolute Gasteiger partial charge is 0.496 e. The Hall–Kier alpha value is -3.02. The Balaban J connectivity index is 1.71. The summed E-state index contributed by atoms with van der Waals surface area (Å²) in [5, 5.41) is 17.0. The number of para-hydroxylation sites is 1. The van der Waals surface area contributed by atoms with E-state index in [1.807, 2.05) is 24.3 Å². The zero-order chi connectivity index (χ0) is 19.9. The summed E-state index contributed by atoms with van der Waals surface area (Å²) in [5.74, 6) is 0.994. The van der Waals surface area contributed by atoms with Crippen LogP contribution in [0.15, 0.2) is 53.7 Å². The average Bonchev–Trinajstić information content (AvgIpc) is 3.20. The number of methoxy groups -OCH3 is 1.